The van der Waals surface area contributed by atoms with Crippen LogP contribution in [0.2, 0.25) is 0 Å². The van der Waals surface area contributed by atoms with Crippen molar-refractivity contribution in [2.24, 2.45) is 3.60 Å². The third-order valence-electron chi connectivity index (χ3n) is 0.255. The van der Waals surface area contributed by atoms with Crippen LogP contribution in [0.1, 0.15) is 0 Å². The summed E-state index contributed by atoms with van der Waals surface area (Å²) in [5.74, 6) is 0. The van der Waals surface area contributed by atoms with Crippen molar-refractivity contribution in [2.45, 2.75) is 0 Å². The second kappa shape index (κ2) is 160. The van der Waals surface area contributed by atoms with E-state index in [0.29, 0.717) is 0 Å². The fraction of sp³-hybridized carbons (Fsp3) is 0. The van der Waals surface area contributed by atoms with Gasteiger partial charge in [0, 0.05) is 358 Å². The van der Waals surface area contributed by atoms with Gasteiger partial charge < -0.3 is 0 Å². The molecule has 1 amide bonds. The van der Waals surface area contributed by atoms with Crippen LogP contribution in [0.15, 0.2) is 3.60 Å². The molecule has 28 heavy (non-hydrogen) atoms. The van der Waals surface area contributed by atoms with E-state index in [9.17, 15) is 4.79 Å². The van der Waals surface area contributed by atoms with Crippen LogP contribution in [-0.4, -0.2) is 15.9 Å². The molecule has 0 aromatic carbocycles. The van der Waals surface area contributed by atoms with Gasteiger partial charge in [0.05, 0.1) is 0 Å². The van der Waals surface area contributed by atoms with Gasteiger partial charge in [0.2, 0.25) is 0 Å². The Morgan fingerprint density at radius 2 is 0.643 bits per heavy atom. The molecule has 0 bridgehead atoms. The van der Waals surface area contributed by atoms with Crippen LogP contribution in [0.3, 0.4) is 0 Å². The zero-order valence-electron chi connectivity index (χ0n) is 11.7. The molecule has 0 radical (unpaired) electrons. The van der Waals surface area contributed by atoms with Crippen molar-refractivity contribution in [3.05, 3.63) is 0 Å². The van der Waals surface area contributed by atoms with Gasteiger partial charge in [0.1, 0.15) is 0 Å². The number of rotatable bonds is 3. The van der Waals surface area contributed by atoms with Gasteiger partial charge in [0.25, 0.3) is 0 Å². The van der Waals surface area contributed by atoms with Crippen LogP contribution in [-0.2, 0) is 467 Å². The van der Waals surface area contributed by atoms with Crippen LogP contribution in [0, 0.1) is 0 Å². The molecule has 0 aliphatic rings. The molecular formula is C2N2OW23-2. The van der Waals surface area contributed by atoms with E-state index in [1.165, 1.54) is 0 Å². The molecule has 3 nitrogen and oxygen atoms in total. The molecule has 0 saturated heterocycles. The zero-order chi connectivity index (χ0) is 9.70. The van der Waals surface area contributed by atoms with E-state index < -0.39 is 0 Å². The maximum atomic E-state index is 9.64. The summed E-state index contributed by atoms with van der Waals surface area (Å²) < 4.78 is 6.08. The summed E-state index contributed by atoms with van der Waals surface area (Å²) in [6.45, 7) is 0. The topological polar surface area (TPSA) is 32.7 Å². The molecule has 164 valence electrons. The Kier molecular flexibility index (Phi) is 821. The van der Waals surface area contributed by atoms with Gasteiger partial charge in [-0.1, -0.05) is 0 Å². The molecule has 0 spiro atoms. The Hall–Kier alpha value is 15.0. The summed E-state index contributed by atoms with van der Waals surface area (Å²) in [5.41, 5.74) is 0. The van der Waals surface area contributed by atoms with Crippen molar-refractivity contribution in [1.29, 1.82) is 0 Å². The van der Waals surface area contributed by atoms with Crippen molar-refractivity contribution >= 4 is 10.9 Å². The van der Waals surface area contributed by atoms with Gasteiger partial charge in [-0.05, 0) is 0 Å². The third-order valence-corrected chi connectivity index (χ3v) is 1.46. The van der Waals surface area contributed by atoms with E-state index in [0.717, 1.165) is 44.0 Å². The number of hydrogen-bond acceptors (Lipinski definition) is 2. The normalized spacial score (nSPS) is 2.00. The molecule has 0 aliphatic heterocycles. The first-order valence-electron chi connectivity index (χ1n) is 1.57. The zero-order valence-corrected chi connectivity index (χ0v) is 79.2. The SMILES string of the molecule is O=[C-]N([C-]=[W])[N]=[W].[W].[W].[W].[W].[W].[W].[W].[W].[W].[W].[W].[W].[W].[W].[W].[W].[W].[W]=[W].[W]=[W]. The average molecular weight is 4300 g/mol. The van der Waals surface area contributed by atoms with Crippen LogP contribution in [0.5, 0.6) is 0 Å². The van der Waals surface area contributed by atoms with Gasteiger partial charge in [-0.15, -0.1) is 0 Å². The molecule has 0 fully saturated rings. The molecule has 0 aliphatic carbocycles. The molecular weight excluding hydrogens is 4300 g/mol. The molecule has 0 aromatic heterocycles. The molecule has 0 rings (SSSR count). The summed E-state index contributed by atoms with van der Waals surface area (Å²) in [5, 5.41) is 1.02. The molecule has 0 N–H and O–H groups in total. The van der Waals surface area contributed by atoms with E-state index in [-0.39, 0.29) is 358 Å². The Morgan fingerprint density at radius 3 is 0.643 bits per heavy atom. The average Bonchev–Trinajstić information content (AvgIpc) is 2.14. The maximum absolute atomic E-state index is 9.64. The Labute approximate surface area is 472 Å². The molecule has 0 atom stereocenters. The van der Waals surface area contributed by atoms with Crippen molar-refractivity contribution in [1.82, 2.24) is 5.01 Å². The van der Waals surface area contributed by atoms with Gasteiger partial charge >= 0.3 is 128 Å². The van der Waals surface area contributed by atoms with Crippen LogP contribution < -0.4 is 0 Å². The molecule has 0 aromatic rings. The molecule has 26 heteroatoms. The number of nitrogens with zero attached hydrogens (tertiary/aromatic N) is 2. The fourth-order valence-corrected chi connectivity index (χ4v) is 1.41. The molecule has 0 unspecified atom stereocenters. The van der Waals surface area contributed by atoms with E-state index in [4.69, 9.17) is 0 Å². The Balaban J connectivity index is -0.00000000161. The van der Waals surface area contributed by atoms with Crippen LogP contribution in [0.25, 0.3) is 0 Å². The van der Waals surface area contributed by atoms with Crippen LogP contribution >= 0.6 is 0 Å². The predicted octanol–water partition coefficient (Wildman–Crippen LogP) is -0.868. The first-order valence-corrected chi connectivity index (χ1v) is 26.3. The van der Waals surface area contributed by atoms with Crippen molar-refractivity contribution in [2.75, 3.05) is 0 Å². The fourth-order valence-electron chi connectivity index (χ4n) is 0.0520. The van der Waals surface area contributed by atoms with E-state index in [1.54, 1.807) is 71.3 Å². The molecule has 0 saturated carbocycles. The quantitative estimate of drug-likeness (QED) is 0.206. The minimum absolute atomic E-state index is 0. The first-order chi connectivity index (χ1) is 5.35. The van der Waals surface area contributed by atoms with Gasteiger partial charge in [-0.3, -0.25) is 0 Å². The van der Waals surface area contributed by atoms with Gasteiger partial charge in [-0.2, -0.15) is 0 Å². The second-order valence-corrected chi connectivity index (χ2v) is 1.82. The molecule has 0 heterocycles. The second-order valence-electron chi connectivity index (χ2n) is 0.576. The minimum atomic E-state index is 0. The number of hydrogen-bond donors (Lipinski definition) is 0. The third kappa shape index (κ3) is 149. The summed E-state index contributed by atoms with van der Waals surface area (Å²) in [6, 6.07) is 0. The Bertz CT molecular complexity index is 106. The number of carbonyl (C=O) groups excluding carboxylic acids is 1. The van der Waals surface area contributed by atoms with E-state index in [2.05, 4.69) is 8.13 Å². The van der Waals surface area contributed by atoms with E-state index in [1.807, 2.05) is 0 Å². The van der Waals surface area contributed by atoms with Crippen molar-refractivity contribution in [3.63, 3.8) is 0 Å². The first kappa shape index (κ1) is 143. The summed E-state index contributed by atoms with van der Waals surface area (Å²) in [6.07, 6.45) is 1.55. The van der Waals surface area contributed by atoms with Crippen LogP contribution in [0.4, 0.5) is 0 Å². The monoisotopic (exact) mass is 4300 g/mol. The summed E-state index contributed by atoms with van der Waals surface area (Å²) in [4.78, 5) is 9.64. The summed E-state index contributed by atoms with van der Waals surface area (Å²) >= 11 is 8.72. The van der Waals surface area contributed by atoms with Crippen molar-refractivity contribution in [3.8, 4) is 0 Å². The van der Waals surface area contributed by atoms with Gasteiger partial charge in [0.15, 0.2) is 0 Å². The predicted molar refractivity (Wildman–Crippen MR) is 15.0 cm³/mol. The van der Waals surface area contributed by atoms with Crippen molar-refractivity contribution < 1.29 is 467 Å². The van der Waals surface area contributed by atoms with E-state index >= 15 is 0 Å². The summed E-state index contributed by atoms with van der Waals surface area (Å²) in [7, 11) is 0. The standard InChI is InChI=1S/C2N2O.23W/c1-4(3)2-5;;;;;;;;;;;;;;;;;;;;;;;/q-2;;;;;;;;;;;;;;;;;;;;;;;. The van der Waals surface area contributed by atoms with Gasteiger partial charge in [-0.25, -0.2) is 0 Å². The Morgan fingerprint density at radius 1 is 0.500 bits per heavy atom. The number of amides is 1.